The van der Waals surface area contributed by atoms with Crippen LogP contribution in [0.4, 0.5) is 5.82 Å². The molecule has 2 N–H and O–H groups in total. The lowest BCUT2D eigenvalue weighted by molar-refractivity contribution is 0.102. The number of Topliss-reactive ketones (excluding diaryl/α,β-unsaturated/α-hetero) is 1. The number of aromatic nitrogens is 4. The fourth-order valence-electron chi connectivity index (χ4n) is 2.21. The minimum atomic E-state index is -0.690. The van der Waals surface area contributed by atoms with Gasteiger partial charge in [-0.2, -0.15) is 0 Å². The molecule has 3 heterocycles. The van der Waals surface area contributed by atoms with Gasteiger partial charge in [0.25, 0.3) is 5.56 Å². The summed E-state index contributed by atoms with van der Waals surface area (Å²) in [4.78, 5) is 45.6. The maximum Gasteiger partial charge on any atom is 0.332 e. The number of nitrogens with zero attached hydrogens (tertiary/aromatic N) is 4. The van der Waals surface area contributed by atoms with Crippen molar-refractivity contribution in [2.75, 3.05) is 11.5 Å². The average Bonchev–Trinajstić information content (AvgIpc) is 3.05. The Bertz CT molecular complexity index is 1070. The second-order valence-electron chi connectivity index (χ2n) is 5.00. The summed E-state index contributed by atoms with van der Waals surface area (Å²) in [7, 11) is 2.73. The number of thioether (sulfide) groups is 1. The van der Waals surface area contributed by atoms with Crippen LogP contribution in [0.2, 0.25) is 0 Å². The van der Waals surface area contributed by atoms with Crippen molar-refractivity contribution in [3.05, 3.63) is 44.2 Å². The summed E-state index contributed by atoms with van der Waals surface area (Å²) >= 11 is 2.69. The normalized spacial score (nSPS) is 11.1. The zero-order valence-electron chi connectivity index (χ0n) is 12.8. The van der Waals surface area contributed by atoms with Crippen LogP contribution in [0.15, 0.2) is 32.4 Å². The molecule has 0 aliphatic carbocycles. The first kappa shape index (κ1) is 16.4. The number of nitrogens with two attached hydrogens (primary N) is 1. The third-order valence-electron chi connectivity index (χ3n) is 3.55. The van der Waals surface area contributed by atoms with Gasteiger partial charge in [0.2, 0.25) is 0 Å². The van der Waals surface area contributed by atoms with Crippen molar-refractivity contribution in [2.45, 2.75) is 5.03 Å². The number of nitrogen functional groups attached to an aromatic ring is 1. The summed E-state index contributed by atoms with van der Waals surface area (Å²) in [5.41, 5.74) is 4.35. The monoisotopic (exact) mass is 363 g/mol. The van der Waals surface area contributed by atoms with Gasteiger partial charge in [0.05, 0.1) is 5.75 Å². The van der Waals surface area contributed by atoms with E-state index in [0.29, 0.717) is 5.03 Å². The van der Waals surface area contributed by atoms with Crippen molar-refractivity contribution in [1.82, 2.24) is 19.1 Å². The van der Waals surface area contributed by atoms with Crippen molar-refractivity contribution >= 4 is 44.9 Å². The van der Waals surface area contributed by atoms with E-state index in [1.165, 1.54) is 43.5 Å². The van der Waals surface area contributed by atoms with E-state index in [1.807, 2.05) is 11.4 Å². The Kier molecular flexibility index (Phi) is 4.24. The van der Waals surface area contributed by atoms with E-state index >= 15 is 0 Å². The summed E-state index contributed by atoms with van der Waals surface area (Å²) in [6.45, 7) is 0. The van der Waals surface area contributed by atoms with E-state index in [1.54, 1.807) is 0 Å². The Balaban J connectivity index is 1.93. The molecule has 0 amide bonds. The summed E-state index contributed by atoms with van der Waals surface area (Å²) < 4.78 is 1.96. The highest BCUT2D eigenvalue weighted by Gasteiger charge is 2.20. The third kappa shape index (κ3) is 2.63. The summed E-state index contributed by atoms with van der Waals surface area (Å²) in [5.74, 6) is -0.590. The summed E-state index contributed by atoms with van der Waals surface area (Å²) in [5, 5.41) is 3.42. The standard InChI is InChI=1S/C14H13N5O3S2/c1-18-10(15)9(13(21)19(2)14(18)22)8(20)5-24-12-7-3-4-23-11(7)16-6-17-12/h3-4,6H,5,15H2,1-2H3. The van der Waals surface area contributed by atoms with E-state index in [4.69, 9.17) is 5.73 Å². The van der Waals surface area contributed by atoms with E-state index in [2.05, 4.69) is 9.97 Å². The number of hydrogen-bond acceptors (Lipinski definition) is 8. The SMILES string of the molecule is Cn1c(N)c(C(=O)CSc2ncnc3sccc23)c(=O)n(C)c1=O. The molecule has 8 nitrogen and oxygen atoms in total. The quantitative estimate of drug-likeness (QED) is 0.411. The van der Waals surface area contributed by atoms with Crippen LogP contribution in [0.25, 0.3) is 10.2 Å². The molecule has 3 aromatic rings. The minimum absolute atomic E-state index is 0.0143. The number of anilines is 1. The van der Waals surface area contributed by atoms with Gasteiger partial charge in [0.1, 0.15) is 27.6 Å². The van der Waals surface area contributed by atoms with Crippen LogP contribution in [-0.4, -0.2) is 30.6 Å². The van der Waals surface area contributed by atoms with Crippen molar-refractivity contribution in [3.8, 4) is 0 Å². The van der Waals surface area contributed by atoms with Gasteiger partial charge >= 0.3 is 5.69 Å². The number of carbonyl (C=O) groups excluding carboxylic acids is 1. The Morgan fingerprint density at radius 1 is 1.29 bits per heavy atom. The molecule has 0 atom stereocenters. The molecular weight excluding hydrogens is 350 g/mol. The molecule has 124 valence electrons. The van der Waals surface area contributed by atoms with Crippen LogP contribution in [-0.2, 0) is 14.1 Å². The van der Waals surface area contributed by atoms with Gasteiger partial charge in [0, 0.05) is 19.5 Å². The van der Waals surface area contributed by atoms with Gasteiger partial charge in [-0.3, -0.25) is 18.7 Å². The zero-order chi connectivity index (χ0) is 17.4. The predicted molar refractivity (Wildman–Crippen MR) is 93.8 cm³/mol. The largest absolute Gasteiger partial charge is 0.384 e. The van der Waals surface area contributed by atoms with Crippen LogP contribution >= 0.6 is 23.1 Å². The highest BCUT2D eigenvalue weighted by atomic mass is 32.2. The first-order valence-electron chi connectivity index (χ1n) is 6.81. The molecule has 24 heavy (non-hydrogen) atoms. The summed E-state index contributed by atoms with van der Waals surface area (Å²) in [6, 6.07) is 1.88. The molecule has 10 heteroatoms. The number of fused-ring (bicyclic) bond motifs is 1. The molecule has 0 fully saturated rings. The molecule has 0 aromatic carbocycles. The van der Waals surface area contributed by atoms with E-state index < -0.39 is 17.0 Å². The molecule has 0 saturated carbocycles. The van der Waals surface area contributed by atoms with Crippen molar-refractivity contribution in [1.29, 1.82) is 0 Å². The average molecular weight is 363 g/mol. The molecule has 0 spiro atoms. The molecular formula is C14H13N5O3S2. The molecule has 0 bridgehead atoms. The zero-order valence-corrected chi connectivity index (χ0v) is 14.5. The number of hydrogen-bond donors (Lipinski definition) is 1. The van der Waals surface area contributed by atoms with Gasteiger partial charge in [-0.05, 0) is 11.4 Å². The van der Waals surface area contributed by atoms with Gasteiger partial charge in [-0.25, -0.2) is 14.8 Å². The lowest BCUT2D eigenvalue weighted by Crippen LogP contribution is -2.41. The van der Waals surface area contributed by atoms with E-state index in [-0.39, 0.29) is 17.1 Å². The second-order valence-corrected chi connectivity index (χ2v) is 6.85. The van der Waals surface area contributed by atoms with E-state index in [9.17, 15) is 14.4 Å². The smallest absolute Gasteiger partial charge is 0.332 e. The third-order valence-corrected chi connectivity index (χ3v) is 5.38. The Hall–Kier alpha value is -2.46. The first-order valence-corrected chi connectivity index (χ1v) is 8.68. The lowest BCUT2D eigenvalue weighted by atomic mass is 10.2. The number of thiophene rings is 1. The number of carbonyl (C=O) groups is 1. The number of rotatable bonds is 4. The lowest BCUT2D eigenvalue weighted by Gasteiger charge is -2.10. The molecule has 0 unspecified atom stereocenters. The molecule has 0 aliphatic heterocycles. The molecule has 3 rings (SSSR count). The maximum atomic E-state index is 12.5. The van der Waals surface area contributed by atoms with Crippen LogP contribution in [0.1, 0.15) is 10.4 Å². The predicted octanol–water partition coefficient (Wildman–Crippen LogP) is 0.646. The topological polar surface area (TPSA) is 113 Å². The fourth-order valence-corrected chi connectivity index (χ4v) is 3.86. The van der Waals surface area contributed by atoms with Gasteiger partial charge in [-0.1, -0.05) is 11.8 Å². The Morgan fingerprint density at radius 2 is 2.04 bits per heavy atom. The maximum absolute atomic E-state index is 12.5. The fraction of sp³-hybridized carbons (Fsp3) is 0.214. The van der Waals surface area contributed by atoms with Crippen molar-refractivity contribution in [3.63, 3.8) is 0 Å². The van der Waals surface area contributed by atoms with Crippen LogP contribution in [0.5, 0.6) is 0 Å². The van der Waals surface area contributed by atoms with Gasteiger partial charge in [-0.15, -0.1) is 11.3 Å². The molecule has 0 aliphatic rings. The molecule has 0 saturated heterocycles. The minimum Gasteiger partial charge on any atom is -0.384 e. The summed E-state index contributed by atoms with van der Waals surface area (Å²) in [6.07, 6.45) is 1.44. The van der Waals surface area contributed by atoms with Crippen LogP contribution in [0, 0.1) is 0 Å². The highest BCUT2D eigenvalue weighted by Crippen LogP contribution is 2.28. The molecule has 0 radical (unpaired) electrons. The van der Waals surface area contributed by atoms with Crippen molar-refractivity contribution in [2.24, 2.45) is 14.1 Å². The number of ketones is 1. The van der Waals surface area contributed by atoms with Crippen LogP contribution < -0.4 is 17.0 Å². The van der Waals surface area contributed by atoms with E-state index in [0.717, 1.165) is 19.4 Å². The Labute approximate surface area is 144 Å². The second kappa shape index (κ2) is 6.21. The van der Waals surface area contributed by atoms with Crippen LogP contribution in [0.3, 0.4) is 0 Å². The Morgan fingerprint density at radius 3 is 2.79 bits per heavy atom. The van der Waals surface area contributed by atoms with Gasteiger partial charge in [0.15, 0.2) is 5.78 Å². The highest BCUT2D eigenvalue weighted by molar-refractivity contribution is 8.00. The van der Waals surface area contributed by atoms with Crippen molar-refractivity contribution < 1.29 is 4.79 Å². The first-order chi connectivity index (χ1) is 11.4. The van der Waals surface area contributed by atoms with Gasteiger partial charge < -0.3 is 5.73 Å². The molecule has 3 aromatic heterocycles.